The molecule has 0 bridgehead atoms. The number of hydrogen-bond acceptors (Lipinski definition) is 4. The van der Waals surface area contributed by atoms with Gasteiger partial charge in [-0.25, -0.2) is 0 Å². The van der Waals surface area contributed by atoms with Gasteiger partial charge >= 0.3 is 0 Å². The van der Waals surface area contributed by atoms with Crippen molar-refractivity contribution in [3.8, 4) is 11.5 Å². The minimum atomic E-state index is -0.0789. The number of nitrogens with zero attached hydrogens (tertiary/aromatic N) is 1. The molecule has 1 aromatic heterocycles. The van der Waals surface area contributed by atoms with Crippen LogP contribution in [0.2, 0.25) is 5.02 Å². The lowest BCUT2D eigenvalue weighted by Gasteiger charge is -2.10. The Balaban J connectivity index is 2.30. The van der Waals surface area contributed by atoms with Crippen molar-refractivity contribution in [2.24, 2.45) is 0 Å². The highest BCUT2D eigenvalue weighted by Crippen LogP contribution is 2.25. The average molecular weight is 292 g/mol. The number of rotatable bonds is 5. The van der Waals surface area contributed by atoms with Gasteiger partial charge in [-0.05, 0) is 24.3 Å². The molecule has 0 N–H and O–H groups in total. The number of methoxy groups -OCH3 is 2. The lowest BCUT2D eigenvalue weighted by atomic mass is 10.0. The van der Waals surface area contributed by atoms with Crippen molar-refractivity contribution in [1.82, 2.24) is 4.98 Å². The van der Waals surface area contributed by atoms with E-state index in [4.69, 9.17) is 21.1 Å². The average Bonchev–Trinajstić information content (AvgIpc) is 2.47. The van der Waals surface area contributed by atoms with Crippen molar-refractivity contribution in [2.45, 2.75) is 6.42 Å². The van der Waals surface area contributed by atoms with E-state index in [1.807, 2.05) is 0 Å². The van der Waals surface area contributed by atoms with E-state index in [1.165, 1.54) is 13.3 Å². The molecule has 0 spiro atoms. The number of carbonyl (C=O) groups is 1. The Hall–Kier alpha value is -2.07. The van der Waals surface area contributed by atoms with Crippen LogP contribution in [0.15, 0.2) is 36.7 Å². The van der Waals surface area contributed by atoms with Gasteiger partial charge in [-0.15, -0.1) is 0 Å². The first-order valence-corrected chi connectivity index (χ1v) is 6.37. The zero-order valence-electron chi connectivity index (χ0n) is 11.2. The van der Waals surface area contributed by atoms with Crippen LogP contribution in [0, 0.1) is 0 Å². The first-order chi connectivity index (χ1) is 9.65. The largest absolute Gasteiger partial charge is 0.496 e. The van der Waals surface area contributed by atoms with Gasteiger partial charge in [-0.1, -0.05) is 11.6 Å². The zero-order chi connectivity index (χ0) is 14.5. The first kappa shape index (κ1) is 14.3. The SMILES string of the molecule is COc1ccc(Cl)cc1CC(=O)c1ccncc1OC. The van der Waals surface area contributed by atoms with Crippen LogP contribution in [0.4, 0.5) is 0 Å². The number of hydrogen-bond donors (Lipinski definition) is 0. The minimum Gasteiger partial charge on any atom is -0.496 e. The second-order valence-electron chi connectivity index (χ2n) is 4.13. The number of carbonyl (C=O) groups excluding carboxylic acids is 1. The topological polar surface area (TPSA) is 48.4 Å². The molecule has 0 saturated carbocycles. The Morgan fingerprint density at radius 3 is 2.65 bits per heavy atom. The van der Waals surface area contributed by atoms with E-state index in [1.54, 1.807) is 37.6 Å². The smallest absolute Gasteiger partial charge is 0.171 e. The summed E-state index contributed by atoms with van der Waals surface area (Å²) < 4.78 is 10.4. The molecule has 0 amide bonds. The highest BCUT2D eigenvalue weighted by atomic mass is 35.5. The Morgan fingerprint density at radius 1 is 1.20 bits per heavy atom. The maximum atomic E-state index is 12.4. The predicted octanol–water partition coefficient (Wildman–Crippen LogP) is 3.18. The summed E-state index contributed by atoms with van der Waals surface area (Å²) in [6, 6.07) is 6.83. The number of benzene rings is 1. The van der Waals surface area contributed by atoms with E-state index < -0.39 is 0 Å². The molecular formula is C15H14ClNO3. The van der Waals surface area contributed by atoms with Crippen LogP contribution in [0.25, 0.3) is 0 Å². The van der Waals surface area contributed by atoms with Gasteiger partial charge in [-0.3, -0.25) is 9.78 Å². The van der Waals surface area contributed by atoms with Crippen LogP contribution in [-0.4, -0.2) is 25.0 Å². The number of aromatic nitrogens is 1. The Bertz CT molecular complexity index is 628. The second-order valence-corrected chi connectivity index (χ2v) is 4.57. The van der Waals surface area contributed by atoms with Gasteiger partial charge in [0, 0.05) is 23.2 Å². The lowest BCUT2D eigenvalue weighted by Crippen LogP contribution is -2.07. The molecular weight excluding hydrogens is 278 g/mol. The number of Topliss-reactive ketones (excluding diaryl/α,β-unsaturated/α-hetero) is 1. The van der Waals surface area contributed by atoms with E-state index in [0.717, 1.165) is 5.56 Å². The third-order valence-electron chi connectivity index (χ3n) is 2.90. The van der Waals surface area contributed by atoms with Gasteiger partial charge in [0.05, 0.1) is 26.0 Å². The highest BCUT2D eigenvalue weighted by Gasteiger charge is 2.15. The molecule has 4 nitrogen and oxygen atoms in total. The molecule has 0 fully saturated rings. The van der Waals surface area contributed by atoms with Crippen molar-refractivity contribution < 1.29 is 14.3 Å². The molecule has 20 heavy (non-hydrogen) atoms. The van der Waals surface area contributed by atoms with Gasteiger partial charge in [0.15, 0.2) is 5.78 Å². The Morgan fingerprint density at radius 2 is 1.95 bits per heavy atom. The van der Waals surface area contributed by atoms with Gasteiger partial charge in [0.2, 0.25) is 0 Å². The molecule has 104 valence electrons. The molecule has 0 aliphatic rings. The predicted molar refractivity (Wildman–Crippen MR) is 76.8 cm³/mol. The summed E-state index contributed by atoms with van der Waals surface area (Å²) in [7, 11) is 3.07. The second kappa shape index (κ2) is 6.39. The number of pyridine rings is 1. The van der Waals surface area contributed by atoms with Crippen molar-refractivity contribution in [2.75, 3.05) is 14.2 Å². The van der Waals surface area contributed by atoms with Crippen molar-refractivity contribution in [1.29, 1.82) is 0 Å². The molecule has 0 radical (unpaired) electrons. The van der Waals surface area contributed by atoms with Crippen LogP contribution in [0.5, 0.6) is 11.5 Å². The molecule has 1 aromatic carbocycles. The van der Waals surface area contributed by atoms with Gasteiger partial charge in [-0.2, -0.15) is 0 Å². The lowest BCUT2D eigenvalue weighted by molar-refractivity contribution is 0.0989. The van der Waals surface area contributed by atoms with Gasteiger partial charge < -0.3 is 9.47 Å². The summed E-state index contributed by atoms with van der Waals surface area (Å²) in [5, 5.41) is 0.565. The van der Waals surface area contributed by atoms with Crippen molar-refractivity contribution >= 4 is 17.4 Å². The maximum absolute atomic E-state index is 12.4. The van der Waals surface area contributed by atoms with Crippen LogP contribution >= 0.6 is 11.6 Å². The fourth-order valence-corrected chi connectivity index (χ4v) is 2.12. The highest BCUT2D eigenvalue weighted by molar-refractivity contribution is 6.30. The summed E-state index contributed by atoms with van der Waals surface area (Å²) in [5.74, 6) is 1.01. The third-order valence-corrected chi connectivity index (χ3v) is 3.13. The third kappa shape index (κ3) is 3.08. The van der Waals surface area contributed by atoms with Crippen LogP contribution in [-0.2, 0) is 6.42 Å². The van der Waals surface area contributed by atoms with Gasteiger partial charge in [0.25, 0.3) is 0 Å². The van der Waals surface area contributed by atoms with Crippen LogP contribution < -0.4 is 9.47 Å². The standard InChI is InChI=1S/C15H14ClNO3/c1-19-14-4-3-11(16)7-10(14)8-13(18)12-5-6-17-9-15(12)20-2/h3-7,9H,8H2,1-2H3. The van der Waals surface area contributed by atoms with E-state index in [0.29, 0.717) is 22.1 Å². The van der Waals surface area contributed by atoms with E-state index in [-0.39, 0.29) is 12.2 Å². The molecule has 2 aromatic rings. The molecule has 5 heteroatoms. The van der Waals surface area contributed by atoms with Crippen molar-refractivity contribution in [3.63, 3.8) is 0 Å². The normalized spacial score (nSPS) is 10.2. The van der Waals surface area contributed by atoms with Gasteiger partial charge in [0.1, 0.15) is 11.5 Å². The zero-order valence-corrected chi connectivity index (χ0v) is 12.0. The minimum absolute atomic E-state index is 0.0789. The summed E-state index contributed by atoms with van der Waals surface area (Å²) >= 11 is 5.96. The fourth-order valence-electron chi connectivity index (χ4n) is 1.93. The van der Waals surface area contributed by atoms with Crippen LogP contribution in [0.1, 0.15) is 15.9 Å². The summed E-state index contributed by atoms with van der Waals surface area (Å²) in [6.07, 6.45) is 3.26. The molecule has 0 aliphatic carbocycles. The molecule has 0 unspecified atom stereocenters. The van der Waals surface area contributed by atoms with Crippen LogP contribution in [0.3, 0.4) is 0 Å². The first-order valence-electron chi connectivity index (χ1n) is 5.99. The van der Waals surface area contributed by atoms with E-state index >= 15 is 0 Å². The maximum Gasteiger partial charge on any atom is 0.171 e. The monoisotopic (exact) mass is 291 g/mol. The number of ketones is 1. The number of ether oxygens (including phenoxy) is 2. The summed E-state index contributed by atoms with van der Waals surface area (Å²) in [6.45, 7) is 0. The summed E-state index contributed by atoms with van der Waals surface area (Å²) in [4.78, 5) is 16.3. The molecule has 2 rings (SSSR count). The fraction of sp³-hybridized carbons (Fsp3) is 0.200. The molecule has 0 saturated heterocycles. The van der Waals surface area contributed by atoms with E-state index in [9.17, 15) is 4.79 Å². The molecule has 0 aliphatic heterocycles. The van der Waals surface area contributed by atoms with Crippen molar-refractivity contribution in [3.05, 3.63) is 52.8 Å². The summed E-state index contributed by atoms with van der Waals surface area (Å²) in [5.41, 5.74) is 1.23. The quantitative estimate of drug-likeness (QED) is 0.794. The van der Waals surface area contributed by atoms with E-state index in [2.05, 4.69) is 4.98 Å². The Labute approximate surface area is 122 Å². The molecule has 1 heterocycles. The Kier molecular flexibility index (Phi) is 4.58. The molecule has 0 atom stereocenters. The number of halogens is 1.